The van der Waals surface area contributed by atoms with Crippen molar-refractivity contribution in [1.82, 2.24) is 0 Å². The van der Waals surface area contributed by atoms with Gasteiger partial charge in [-0.25, -0.2) is 13.2 Å². The summed E-state index contributed by atoms with van der Waals surface area (Å²) in [6.07, 6.45) is 0. The van der Waals surface area contributed by atoms with Crippen LogP contribution in [-0.2, 0) is 10.0 Å². The Kier molecular flexibility index (Phi) is 3.57. The Morgan fingerprint density at radius 1 is 1.33 bits per heavy atom. The average Bonchev–Trinajstić information content (AvgIpc) is 2.18. The van der Waals surface area contributed by atoms with Gasteiger partial charge in [-0.15, -0.1) is 0 Å². The van der Waals surface area contributed by atoms with E-state index in [0.717, 1.165) is 0 Å². The zero-order valence-electron chi connectivity index (χ0n) is 10.4. The summed E-state index contributed by atoms with van der Waals surface area (Å²) in [5.74, 6) is -1.24. The van der Waals surface area contributed by atoms with Gasteiger partial charge in [0.1, 0.15) is 0 Å². The predicted molar refractivity (Wildman–Crippen MR) is 70.1 cm³/mol. The SMILES string of the molecule is CC(C)(C)S(=O)(=O)Nc1ccc(N)cc1C(=O)O. The molecule has 0 radical (unpaired) electrons. The van der Waals surface area contributed by atoms with Gasteiger partial charge in [0.05, 0.1) is 16.0 Å². The molecule has 1 aromatic carbocycles. The third kappa shape index (κ3) is 2.92. The zero-order valence-corrected chi connectivity index (χ0v) is 11.2. The maximum atomic E-state index is 11.9. The van der Waals surface area contributed by atoms with E-state index in [1.54, 1.807) is 0 Å². The molecule has 0 atom stereocenters. The summed E-state index contributed by atoms with van der Waals surface area (Å²) in [7, 11) is -3.67. The molecule has 0 aliphatic rings. The molecule has 100 valence electrons. The maximum absolute atomic E-state index is 11.9. The first-order valence-corrected chi connectivity index (χ1v) is 6.68. The van der Waals surface area contributed by atoms with Gasteiger partial charge < -0.3 is 10.8 Å². The number of rotatable bonds is 3. The summed E-state index contributed by atoms with van der Waals surface area (Å²) >= 11 is 0. The third-order valence-corrected chi connectivity index (χ3v) is 4.43. The summed E-state index contributed by atoms with van der Waals surface area (Å²) in [5, 5.41) is 9.00. The van der Waals surface area contributed by atoms with Crippen LogP contribution in [0.1, 0.15) is 31.1 Å². The number of hydrogen-bond acceptors (Lipinski definition) is 4. The molecule has 0 aliphatic carbocycles. The molecule has 0 saturated heterocycles. The highest BCUT2D eigenvalue weighted by Gasteiger charge is 2.30. The number of nitrogens with two attached hydrogens (primary N) is 1. The Labute approximate surface area is 106 Å². The molecule has 7 heteroatoms. The molecule has 1 aromatic rings. The van der Waals surface area contributed by atoms with Crippen molar-refractivity contribution in [3.05, 3.63) is 23.8 Å². The summed E-state index contributed by atoms with van der Waals surface area (Å²) in [4.78, 5) is 11.0. The van der Waals surface area contributed by atoms with Gasteiger partial charge in [0.15, 0.2) is 0 Å². The first-order valence-electron chi connectivity index (χ1n) is 5.20. The zero-order chi connectivity index (χ0) is 14.1. The molecule has 0 fully saturated rings. The van der Waals surface area contributed by atoms with Crippen molar-refractivity contribution in [3.63, 3.8) is 0 Å². The highest BCUT2D eigenvalue weighted by molar-refractivity contribution is 7.94. The van der Waals surface area contributed by atoms with Crippen molar-refractivity contribution in [2.24, 2.45) is 0 Å². The number of hydrogen-bond donors (Lipinski definition) is 3. The van der Waals surface area contributed by atoms with Crippen molar-refractivity contribution in [2.45, 2.75) is 25.5 Å². The van der Waals surface area contributed by atoms with E-state index < -0.39 is 20.7 Å². The molecule has 0 aliphatic heterocycles. The Morgan fingerprint density at radius 3 is 2.33 bits per heavy atom. The van der Waals surface area contributed by atoms with Crippen LogP contribution in [0, 0.1) is 0 Å². The molecule has 0 unspecified atom stereocenters. The molecular weight excluding hydrogens is 256 g/mol. The molecular formula is C11H16N2O4S. The van der Waals surface area contributed by atoms with Gasteiger partial charge in [-0.05, 0) is 39.0 Å². The van der Waals surface area contributed by atoms with Crippen molar-refractivity contribution >= 4 is 27.4 Å². The molecule has 18 heavy (non-hydrogen) atoms. The lowest BCUT2D eigenvalue weighted by Gasteiger charge is -2.21. The molecule has 0 saturated carbocycles. The van der Waals surface area contributed by atoms with Crippen LogP contribution < -0.4 is 10.5 Å². The van der Waals surface area contributed by atoms with Gasteiger partial charge in [0.2, 0.25) is 10.0 Å². The standard InChI is InChI=1S/C11H16N2O4S/c1-11(2,3)18(16,17)13-9-5-4-7(12)6-8(9)10(14)15/h4-6,13H,12H2,1-3H3,(H,14,15). The van der Waals surface area contributed by atoms with Crippen LogP contribution in [0.5, 0.6) is 0 Å². The Hall–Kier alpha value is -1.76. The molecule has 0 heterocycles. The number of carboxylic acid groups (broad SMARTS) is 1. The van der Waals surface area contributed by atoms with Gasteiger partial charge in [0, 0.05) is 5.69 Å². The van der Waals surface area contributed by atoms with Gasteiger partial charge in [-0.2, -0.15) is 0 Å². The molecule has 0 amide bonds. The minimum Gasteiger partial charge on any atom is -0.478 e. The summed E-state index contributed by atoms with van der Waals surface area (Å²) in [6.45, 7) is 4.56. The number of benzene rings is 1. The summed E-state index contributed by atoms with van der Waals surface area (Å²) < 4.78 is 25.1. The van der Waals surface area contributed by atoms with E-state index in [0.29, 0.717) is 0 Å². The van der Waals surface area contributed by atoms with Crippen molar-refractivity contribution in [1.29, 1.82) is 0 Å². The molecule has 0 bridgehead atoms. The third-order valence-electron chi connectivity index (χ3n) is 2.32. The van der Waals surface area contributed by atoms with Crippen LogP contribution >= 0.6 is 0 Å². The number of carbonyl (C=O) groups is 1. The van der Waals surface area contributed by atoms with E-state index in [2.05, 4.69) is 4.72 Å². The second-order valence-electron chi connectivity index (χ2n) is 4.83. The van der Waals surface area contributed by atoms with E-state index in [1.807, 2.05) is 0 Å². The van der Waals surface area contributed by atoms with Gasteiger partial charge in [0.25, 0.3) is 0 Å². The minimum absolute atomic E-state index is 0.00613. The van der Waals surface area contributed by atoms with Crippen molar-refractivity contribution in [3.8, 4) is 0 Å². The quantitative estimate of drug-likeness (QED) is 0.722. The predicted octanol–water partition coefficient (Wildman–Crippen LogP) is 1.51. The average molecular weight is 272 g/mol. The second kappa shape index (κ2) is 4.49. The fourth-order valence-electron chi connectivity index (χ4n) is 1.13. The number of carboxylic acids is 1. The molecule has 0 spiro atoms. The monoisotopic (exact) mass is 272 g/mol. The van der Waals surface area contributed by atoms with Crippen LogP contribution in [0.3, 0.4) is 0 Å². The van der Waals surface area contributed by atoms with Crippen molar-refractivity contribution < 1.29 is 18.3 Å². The highest BCUT2D eigenvalue weighted by atomic mass is 32.2. The molecule has 1 rings (SSSR count). The summed E-state index contributed by atoms with van der Waals surface area (Å²) in [6, 6.07) is 3.98. The van der Waals surface area contributed by atoms with Crippen LogP contribution in [-0.4, -0.2) is 24.2 Å². The maximum Gasteiger partial charge on any atom is 0.337 e. The van der Waals surface area contributed by atoms with Crippen LogP contribution in [0.25, 0.3) is 0 Å². The van der Waals surface area contributed by atoms with Crippen LogP contribution in [0.15, 0.2) is 18.2 Å². The van der Waals surface area contributed by atoms with Crippen LogP contribution in [0.4, 0.5) is 11.4 Å². The lowest BCUT2D eigenvalue weighted by molar-refractivity contribution is 0.0698. The van der Waals surface area contributed by atoms with Crippen molar-refractivity contribution in [2.75, 3.05) is 10.5 Å². The fraction of sp³-hybridized carbons (Fsp3) is 0.364. The first-order chi connectivity index (χ1) is 8.04. The lowest BCUT2D eigenvalue weighted by atomic mass is 10.1. The largest absolute Gasteiger partial charge is 0.478 e. The Morgan fingerprint density at radius 2 is 1.89 bits per heavy atom. The van der Waals surface area contributed by atoms with E-state index in [9.17, 15) is 13.2 Å². The topological polar surface area (TPSA) is 109 Å². The number of nitrogen functional groups attached to an aromatic ring is 1. The Balaban J connectivity index is 3.25. The number of sulfonamides is 1. The first kappa shape index (κ1) is 14.3. The van der Waals surface area contributed by atoms with Gasteiger partial charge >= 0.3 is 5.97 Å². The van der Waals surface area contributed by atoms with Crippen LogP contribution in [0.2, 0.25) is 0 Å². The van der Waals surface area contributed by atoms with E-state index in [-0.39, 0.29) is 16.9 Å². The highest BCUT2D eigenvalue weighted by Crippen LogP contribution is 2.24. The van der Waals surface area contributed by atoms with E-state index >= 15 is 0 Å². The molecule has 4 N–H and O–H groups in total. The fourth-order valence-corrected chi connectivity index (χ4v) is 1.90. The number of aromatic carboxylic acids is 1. The number of nitrogens with one attached hydrogen (secondary N) is 1. The second-order valence-corrected chi connectivity index (χ2v) is 7.26. The number of anilines is 2. The Bertz CT molecular complexity index is 573. The lowest BCUT2D eigenvalue weighted by Crippen LogP contribution is -2.34. The van der Waals surface area contributed by atoms with E-state index in [1.165, 1.54) is 39.0 Å². The molecule has 0 aromatic heterocycles. The van der Waals surface area contributed by atoms with Gasteiger partial charge in [-0.3, -0.25) is 4.72 Å². The van der Waals surface area contributed by atoms with Gasteiger partial charge in [-0.1, -0.05) is 0 Å². The smallest absolute Gasteiger partial charge is 0.337 e. The molecule has 6 nitrogen and oxygen atoms in total. The van der Waals surface area contributed by atoms with E-state index in [4.69, 9.17) is 10.8 Å². The normalized spacial score (nSPS) is 12.2. The minimum atomic E-state index is -3.67. The summed E-state index contributed by atoms with van der Waals surface area (Å²) in [5.41, 5.74) is 5.56.